The summed E-state index contributed by atoms with van der Waals surface area (Å²) in [5.74, 6) is 0. The first-order valence-electron chi connectivity index (χ1n) is 7.15. The first kappa shape index (κ1) is 13.4. The van der Waals surface area contributed by atoms with Crippen LogP contribution in [0.5, 0.6) is 0 Å². The molecule has 2 heteroatoms. The fraction of sp³-hybridized carbons (Fsp3) is 0.105. The molecule has 0 N–H and O–H groups in total. The van der Waals surface area contributed by atoms with E-state index in [2.05, 4.69) is 54.3 Å². The van der Waals surface area contributed by atoms with E-state index in [9.17, 15) is 0 Å². The number of rotatable bonds is 5. The third-order valence-corrected chi connectivity index (χ3v) is 3.60. The van der Waals surface area contributed by atoms with Crippen LogP contribution in [0, 0.1) is 0 Å². The minimum absolute atomic E-state index is 0.889. The van der Waals surface area contributed by atoms with Gasteiger partial charge in [0.05, 0.1) is 6.20 Å². The molecule has 1 heterocycles. The van der Waals surface area contributed by atoms with Gasteiger partial charge in [0.1, 0.15) is 0 Å². The first-order valence-corrected chi connectivity index (χ1v) is 7.15. The van der Waals surface area contributed by atoms with Gasteiger partial charge in [0.15, 0.2) is 0 Å². The minimum atomic E-state index is 0.889. The van der Waals surface area contributed by atoms with Gasteiger partial charge in [-0.15, -0.1) is 0 Å². The van der Waals surface area contributed by atoms with E-state index in [1.807, 2.05) is 35.2 Å². The third-order valence-electron chi connectivity index (χ3n) is 3.60. The lowest BCUT2D eigenvalue weighted by Gasteiger charge is -2.03. The standard InChI is InChI=1S/C19H18N2/c1-2-17-10-6-7-11-19(17)18-14-20-21(15-18)13-12-16-8-4-3-5-9-16/h2-11,14-15H,1,12-13H2. The zero-order valence-corrected chi connectivity index (χ0v) is 11.9. The van der Waals surface area contributed by atoms with Gasteiger partial charge in [-0.1, -0.05) is 67.3 Å². The van der Waals surface area contributed by atoms with E-state index in [0.717, 1.165) is 24.1 Å². The van der Waals surface area contributed by atoms with Gasteiger partial charge in [0.2, 0.25) is 0 Å². The van der Waals surface area contributed by atoms with Gasteiger partial charge in [0.25, 0.3) is 0 Å². The van der Waals surface area contributed by atoms with Gasteiger partial charge < -0.3 is 0 Å². The number of aromatic nitrogens is 2. The van der Waals surface area contributed by atoms with Crippen LogP contribution in [0.2, 0.25) is 0 Å². The Morgan fingerprint density at radius 3 is 2.57 bits per heavy atom. The summed E-state index contributed by atoms with van der Waals surface area (Å²) < 4.78 is 2.00. The summed E-state index contributed by atoms with van der Waals surface area (Å²) in [5.41, 5.74) is 4.79. The Kier molecular flexibility index (Phi) is 3.97. The molecule has 0 aliphatic heterocycles. The van der Waals surface area contributed by atoms with Gasteiger partial charge in [-0.25, -0.2) is 0 Å². The van der Waals surface area contributed by atoms with Crippen LogP contribution in [-0.4, -0.2) is 9.78 Å². The van der Waals surface area contributed by atoms with Crippen molar-refractivity contribution in [3.8, 4) is 11.1 Å². The summed E-state index contributed by atoms with van der Waals surface area (Å²) in [6, 6.07) is 18.7. The second-order valence-corrected chi connectivity index (χ2v) is 5.02. The van der Waals surface area contributed by atoms with Crippen molar-refractivity contribution < 1.29 is 0 Å². The molecular formula is C19H18N2. The highest BCUT2D eigenvalue weighted by molar-refractivity contribution is 5.73. The van der Waals surface area contributed by atoms with Crippen LogP contribution < -0.4 is 0 Å². The molecule has 0 spiro atoms. The predicted octanol–water partition coefficient (Wildman–Crippen LogP) is 4.44. The summed E-state index contributed by atoms with van der Waals surface area (Å²) in [4.78, 5) is 0. The molecule has 0 atom stereocenters. The lowest BCUT2D eigenvalue weighted by Crippen LogP contribution is -2.01. The molecule has 0 radical (unpaired) electrons. The van der Waals surface area contributed by atoms with Crippen LogP contribution in [0.1, 0.15) is 11.1 Å². The zero-order valence-electron chi connectivity index (χ0n) is 11.9. The Balaban J connectivity index is 1.76. The number of hydrogen-bond donors (Lipinski definition) is 0. The summed E-state index contributed by atoms with van der Waals surface area (Å²) in [6.45, 7) is 4.76. The maximum absolute atomic E-state index is 4.47. The Bertz CT molecular complexity index is 726. The van der Waals surface area contributed by atoms with Gasteiger partial charge >= 0.3 is 0 Å². The van der Waals surface area contributed by atoms with Crippen molar-refractivity contribution in [2.45, 2.75) is 13.0 Å². The Morgan fingerprint density at radius 1 is 1.00 bits per heavy atom. The van der Waals surface area contributed by atoms with Crippen molar-refractivity contribution in [3.05, 3.63) is 84.7 Å². The van der Waals surface area contributed by atoms with E-state index in [4.69, 9.17) is 0 Å². The Labute approximate surface area is 125 Å². The molecule has 0 aliphatic carbocycles. The van der Waals surface area contributed by atoms with Crippen molar-refractivity contribution in [1.29, 1.82) is 0 Å². The number of hydrogen-bond acceptors (Lipinski definition) is 1. The molecule has 104 valence electrons. The highest BCUT2D eigenvalue weighted by Crippen LogP contribution is 2.23. The van der Waals surface area contributed by atoms with Crippen LogP contribution in [-0.2, 0) is 13.0 Å². The van der Waals surface area contributed by atoms with E-state index in [-0.39, 0.29) is 0 Å². The van der Waals surface area contributed by atoms with E-state index >= 15 is 0 Å². The van der Waals surface area contributed by atoms with Crippen LogP contribution in [0.15, 0.2) is 73.6 Å². The molecule has 0 amide bonds. The maximum atomic E-state index is 4.47. The van der Waals surface area contributed by atoms with Crippen molar-refractivity contribution >= 4 is 6.08 Å². The van der Waals surface area contributed by atoms with E-state index in [0.29, 0.717) is 0 Å². The maximum Gasteiger partial charge on any atom is 0.0568 e. The number of nitrogens with zero attached hydrogens (tertiary/aromatic N) is 2. The van der Waals surface area contributed by atoms with E-state index in [1.165, 1.54) is 11.1 Å². The van der Waals surface area contributed by atoms with Gasteiger partial charge in [-0.2, -0.15) is 5.10 Å². The molecule has 0 unspecified atom stereocenters. The van der Waals surface area contributed by atoms with Crippen LogP contribution in [0.25, 0.3) is 17.2 Å². The van der Waals surface area contributed by atoms with Gasteiger partial charge in [-0.3, -0.25) is 4.68 Å². The SMILES string of the molecule is C=Cc1ccccc1-c1cnn(CCc2ccccc2)c1. The fourth-order valence-corrected chi connectivity index (χ4v) is 2.45. The molecule has 2 nitrogen and oxygen atoms in total. The average Bonchev–Trinajstić information content (AvgIpc) is 3.02. The summed E-state index contributed by atoms with van der Waals surface area (Å²) >= 11 is 0. The number of aryl methyl sites for hydroxylation is 2. The molecule has 21 heavy (non-hydrogen) atoms. The fourth-order valence-electron chi connectivity index (χ4n) is 2.45. The highest BCUT2D eigenvalue weighted by atomic mass is 15.3. The predicted molar refractivity (Wildman–Crippen MR) is 87.9 cm³/mol. The van der Waals surface area contributed by atoms with Gasteiger partial charge in [0, 0.05) is 18.3 Å². The molecule has 0 saturated heterocycles. The summed E-state index contributed by atoms with van der Waals surface area (Å²) in [5, 5.41) is 4.47. The van der Waals surface area contributed by atoms with Crippen LogP contribution >= 0.6 is 0 Å². The molecule has 0 aliphatic rings. The highest BCUT2D eigenvalue weighted by Gasteiger charge is 2.05. The Morgan fingerprint density at radius 2 is 1.76 bits per heavy atom. The molecule has 0 fully saturated rings. The van der Waals surface area contributed by atoms with E-state index < -0.39 is 0 Å². The topological polar surface area (TPSA) is 17.8 Å². The first-order chi connectivity index (χ1) is 10.4. The summed E-state index contributed by atoms with van der Waals surface area (Å²) in [6.07, 6.45) is 6.90. The lowest BCUT2D eigenvalue weighted by atomic mass is 10.0. The van der Waals surface area contributed by atoms with E-state index in [1.54, 1.807) is 0 Å². The Hall–Kier alpha value is -2.61. The molecule has 1 aromatic heterocycles. The monoisotopic (exact) mass is 274 g/mol. The molecule has 0 saturated carbocycles. The van der Waals surface area contributed by atoms with Crippen LogP contribution in [0.4, 0.5) is 0 Å². The largest absolute Gasteiger partial charge is 0.272 e. The second-order valence-electron chi connectivity index (χ2n) is 5.02. The molecule has 2 aromatic carbocycles. The van der Waals surface area contributed by atoms with Crippen molar-refractivity contribution in [2.24, 2.45) is 0 Å². The molecule has 3 aromatic rings. The normalized spacial score (nSPS) is 10.5. The summed E-state index contributed by atoms with van der Waals surface area (Å²) in [7, 11) is 0. The average molecular weight is 274 g/mol. The molecule has 3 rings (SSSR count). The molecular weight excluding hydrogens is 256 g/mol. The second kappa shape index (κ2) is 6.23. The van der Waals surface area contributed by atoms with Crippen molar-refractivity contribution in [3.63, 3.8) is 0 Å². The molecule has 0 bridgehead atoms. The van der Waals surface area contributed by atoms with Crippen LogP contribution in [0.3, 0.4) is 0 Å². The van der Waals surface area contributed by atoms with Crippen molar-refractivity contribution in [2.75, 3.05) is 0 Å². The number of benzene rings is 2. The van der Waals surface area contributed by atoms with Crippen molar-refractivity contribution in [1.82, 2.24) is 9.78 Å². The lowest BCUT2D eigenvalue weighted by molar-refractivity contribution is 0.615. The quantitative estimate of drug-likeness (QED) is 0.672. The minimum Gasteiger partial charge on any atom is -0.272 e. The smallest absolute Gasteiger partial charge is 0.0568 e. The van der Waals surface area contributed by atoms with Gasteiger partial charge in [-0.05, 0) is 23.1 Å². The third kappa shape index (κ3) is 3.11. The zero-order chi connectivity index (χ0) is 14.5.